The van der Waals surface area contributed by atoms with E-state index in [1.54, 1.807) is 42.7 Å². The maximum absolute atomic E-state index is 16.1. The SMILES string of the molecule is CC(C)(C)CC(O)Nc1cncc(-c2cnc3n[nH]c(-c4nc5nccc(-c6ccccc6F)c5[nH]4)c3c2F)c1. The van der Waals surface area contributed by atoms with E-state index in [2.05, 4.69) is 40.4 Å². The minimum absolute atomic E-state index is 0.0849. The molecule has 0 amide bonds. The summed E-state index contributed by atoms with van der Waals surface area (Å²) in [5.41, 5.74) is 3.41. The molecule has 0 bridgehead atoms. The Labute approximate surface area is 227 Å². The Morgan fingerprint density at radius 3 is 2.60 bits per heavy atom. The van der Waals surface area contributed by atoms with E-state index in [-0.39, 0.29) is 39.3 Å². The minimum Gasteiger partial charge on any atom is -0.374 e. The van der Waals surface area contributed by atoms with Gasteiger partial charge in [-0.05, 0) is 30.0 Å². The number of hydrogen-bond donors (Lipinski definition) is 4. The maximum Gasteiger partial charge on any atom is 0.184 e. The third-order valence-corrected chi connectivity index (χ3v) is 6.50. The van der Waals surface area contributed by atoms with E-state index in [1.165, 1.54) is 18.5 Å². The van der Waals surface area contributed by atoms with Crippen LogP contribution in [0, 0.1) is 17.0 Å². The Kier molecular flexibility index (Phi) is 6.22. The average Bonchev–Trinajstić information content (AvgIpc) is 3.53. The molecule has 9 nitrogen and oxygen atoms in total. The number of nitrogens with zero attached hydrogens (tertiary/aromatic N) is 5. The van der Waals surface area contributed by atoms with Gasteiger partial charge in [0.05, 0.1) is 22.8 Å². The highest BCUT2D eigenvalue weighted by molar-refractivity contribution is 5.96. The Morgan fingerprint density at radius 1 is 0.975 bits per heavy atom. The van der Waals surface area contributed by atoms with Crippen molar-refractivity contribution in [2.45, 2.75) is 33.4 Å². The number of aromatic amines is 2. The van der Waals surface area contributed by atoms with Crippen molar-refractivity contribution in [1.82, 2.24) is 35.1 Å². The summed E-state index contributed by atoms with van der Waals surface area (Å²) in [6.45, 7) is 6.10. The molecule has 0 aliphatic rings. The van der Waals surface area contributed by atoms with Gasteiger partial charge >= 0.3 is 0 Å². The van der Waals surface area contributed by atoms with Gasteiger partial charge in [0.1, 0.15) is 23.6 Å². The lowest BCUT2D eigenvalue weighted by Gasteiger charge is -2.23. The van der Waals surface area contributed by atoms with Crippen LogP contribution in [0.3, 0.4) is 0 Å². The van der Waals surface area contributed by atoms with Crippen LogP contribution >= 0.6 is 0 Å². The van der Waals surface area contributed by atoms with Gasteiger partial charge in [-0.15, -0.1) is 0 Å². The summed E-state index contributed by atoms with van der Waals surface area (Å²) in [6, 6.07) is 9.82. The van der Waals surface area contributed by atoms with Crippen molar-refractivity contribution in [2.24, 2.45) is 5.41 Å². The van der Waals surface area contributed by atoms with Gasteiger partial charge in [0, 0.05) is 40.8 Å². The normalized spacial score (nSPS) is 12.8. The molecule has 40 heavy (non-hydrogen) atoms. The number of anilines is 1. The zero-order valence-electron chi connectivity index (χ0n) is 22.0. The zero-order valence-corrected chi connectivity index (χ0v) is 22.0. The molecule has 0 aliphatic carbocycles. The van der Waals surface area contributed by atoms with E-state index >= 15 is 4.39 Å². The molecule has 1 unspecified atom stereocenters. The highest BCUT2D eigenvalue weighted by Gasteiger charge is 2.22. The molecule has 0 aliphatic heterocycles. The Bertz CT molecular complexity index is 1860. The highest BCUT2D eigenvalue weighted by atomic mass is 19.1. The van der Waals surface area contributed by atoms with E-state index in [0.29, 0.717) is 40.0 Å². The number of fused-ring (bicyclic) bond motifs is 2. The van der Waals surface area contributed by atoms with Crippen LogP contribution in [0.1, 0.15) is 27.2 Å². The first-order valence-electron chi connectivity index (χ1n) is 12.7. The number of aromatic nitrogens is 7. The summed E-state index contributed by atoms with van der Waals surface area (Å²) in [5.74, 6) is -0.662. The summed E-state index contributed by atoms with van der Waals surface area (Å²) in [4.78, 5) is 20.6. The van der Waals surface area contributed by atoms with Crippen LogP contribution in [0.15, 0.2) is 61.2 Å². The van der Waals surface area contributed by atoms with Crippen molar-refractivity contribution < 1.29 is 13.9 Å². The van der Waals surface area contributed by atoms with E-state index in [0.717, 1.165) is 0 Å². The Balaban J connectivity index is 1.41. The monoisotopic (exact) mass is 540 g/mol. The number of pyridine rings is 3. The summed E-state index contributed by atoms with van der Waals surface area (Å²) in [5, 5.41) is 20.6. The van der Waals surface area contributed by atoms with Gasteiger partial charge in [-0.25, -0.2) is 23.7 Å². The van der Waals surface area contributed by atoms with Crippen LogP contribution < -0.4 is 5.32 Å². The van der Waals surface area contributed by atoms with E-state index in [9.17, 15) is 9.50 Å². The number of aliphatic hydroxyl groups excluding tert-OH is 1. The molecule has 1 aromatic carbocycles. The number of hydrogen-bond acceptors (Lipinski definition) is 7. The molecule has 11 heteroatoms. The number of benzene rings is 1. The molecule has 202 valence electrons. The van der Waals surface area contributed by atoms with Crippen LogP contribution in [-0.4, -0.2) is 46.5 Å². The quantitative estimate of drug-likeness (QED) is 0.189. The summed E-state index contributed by atoms with van der Waals surface area (Å²) >= 11 is 0. The van der Waals surface area contributed by atoms with Crippen LogP contribution in [-0.2, 0) is 0 Å². The summed E-state index contributed by atoms with van der Waals surface area (Å²) in [7, 11) is 0. The number of imidazole rings is 1. The Hall–Kier alpha value is -4.77. The van der Waals surface area contributed by atoms with E-state index < -0.39 is 12.0 Å². The lowest BCUT2D eigenvalue weighted by atomic mass is 9.91. The van der Waals surface area contributed by atoms with Gasteiger partial charge < -0.3 is 15.4 Å². The van der Waals surface area contributed by atoms with Crippen LogP contribution in [0.2, 0.25) is 0 Å². The maximum atomic E-state index is 16.1. The van der Waals surface area contributed by atoms with Crippen LogP contribution in [0.25, 0.3) is 56.0 Å². The number of nitrogens with one attached hydrogen (secondary N) is 3. The molecular formula is C29H26F2N8O. The average molecular weight is 541 g/mol. The second-order valence-electron chi connectivity index (χ2n) is 10.8. The molecule has 6 aromatic rings. The van der Waals surface area contributed by atoms with Crippen molar-refractivity contribution in [3.8, 4) is 33.8 Å². The standard InChI is InChI=1S/C29H26F2N8O/c1-29(2,3)11-21(40)35-16-10-15(12-32-13-16)19-14-34-26-22(23(19)31)25(38-39-26)28-36-24-18(8-9-33-27(24)37-28)17-6-4-5-7-20(17)30/h4-10,12-14,21,35,40H,11H2,1-3H3,(H,33,36,37)(H,34,38,39). The van der Waals surface area contributed by atoms with E-state index in [4.69, 9.17) is 0 Å². The molecule has 0 spiro atoms. The summed E-state index contributed by atoms with van der Waals surface area (Å²) in [6.07, 6.45) is 5.76. The molecule has 4 N–H and O–H groups in total. The third kappa shape index (κ3) is 4.75. The fourth-order valence-corrected chi connectivity index (χ4v) is 4.75. The first-order chi connectivity index (χ1) is 19.2. The Morgan fingerprint density at radius 2 is 1.80 bits per heavy atom. The fraction of sp³-hybridized carbons (Fsp3) is 0.207. The van der Waals surface area contributed by atoms with Crippen LogP contribution in [0.5, 0.6) is 0 Å². The topological polar surface area (TPSA) is 128 Å². The van der Waals surface area contributed by atoms with Crippen molar-refractivity contribution in [2.75, 3.05) is 5.32 Å². The molecular weight excluding hydrogens is 514 g/mol. The number of H-pyrrole nitrogens is 2. The number of halogens is 2. The smallest absolute Gasteiger partial charge is 0.184 e. The predicted octanol–water partition coefficient (Wildman–Crippen LogP) is 6.07. The first kappa shape index (κ1) is 25.5. The molecule has 0 saturated heterocycles. The number of aliphatic hydroxyl groups is 1. The van der Waals surface area contributed by atoms with Crippen LogP contribution in [0.4, 0.5) is 14.5 Å². The molecule has 1 atom stereocenters. The van der Waals surface area contributed by atoms with E-state index in [1.807, 2.05) is 20.8 Å². The molecule has 0 radical (unpaired) electrons. The largest absolute Gasteiger partial charge is 0.374 e. The number of rotatable bonds is 6. The van der Waals surface area contributed by atoms with Gasteiger partial charge in [0.25, 0.3) is 0 Å². The molecule has 0 fully saturated rings. The first-order valence-corrected chi connectivity index (χ1v) is 12.7. The second kappa shape index (κ2) is 9.76. The predicted molar refractivity (Wildman–Crippen MR) is 149 cm³/mol. The molecule has 5 aromatic heterocycles. The van der Waals surface area contributed by atoms with Gasteiger partial charge in [-0.3, -0.25) is 10.1 Å². The zero-order chi connectivity index (χ0) is 28.0. The van der Waals surface area contributed by atoms with Gasteiger partial charge in [-0.1, -0.05) is 39.0 Å². The lowest BCUT2D eigenvalue weighted by molar-refractivity contribution is 0.145. The fourth-order valence-electron chi connectivity index (χ4n) is 4.75. The molecule has 0 saturated carbocycles. The van der Waals surface area contributed by atoms with Gasteiger partial charge in [-0.2, -0.15) is 5.10 Å². The van der Waals surface area contributed by atoms with Gasteiger partial charge in [0.2, 0.25) is 0 Å². The van der Waals surface area contributed by atoms with Crippen molar-refractivity contribution in [3.05, 3.63) is 72.8 Å². The molecule has 6 rings (SSSR count). The van der Waals surface area contributed by atoms with Crippen molar-refractivity contribution >= 4 is 27.9 Å². The summed E-state index contributed by atoms with van der Waals surface area (Å²) < 4.78 is 30.7. The lowest BCUT2D eigenvalue weighted by Crippen LogP contribution is -2.25. The third-order valence-electron chi connectivity index (χ3n) is 6.50. The molecule has 5 heterocycles. The van der Waals surface area contributed by atoms with Gasteiger partial charge in [0.15, 0.2) is 17.1 Å². The van der Waals surface area contributed by atoms with Crippen molar-refractivity contribution in [3.63, 3.8) is 0 Å². The minimum atomic E-state index is -0.793. The van der Waals surface area contributed by atoms with Crippen molar-refractivity contribution in [1.29, 1.82) is 0 Å². The highest BCUT2D eigenvalue weighted by Crippen LogP contribution is 2.35. The second-order valence-corrected chi connectivity index (χ2v) is 10.8.